The van der Waals surface area contributed by atoms with Crippen LogP contribution in [0, 0.1) is 0 Å². The fourth-order valence-corrected chi connectivity index (χ4v) is 2.81. The zero-order valence-electron chi connectivity index (χ0n) is 11.0. The van der Waals surface area contributed by atoms with E-state index in [0.29, 0.717) is 6.54 Å². The van der Waals surface area contributed by atoms with Crippen molar-refractivity contribution in [2.75, 3.05) is 11.9 Å². The second kappa shape index (κ2) is 5.17. The number of rotatable bonds is 3. The van der Waals surface area contributed by atoms with Crippen LogP contribution in [0.15, 0.2) is 24.7 Å². The summed E-state index contributed by atoms with van der Waals surface area (Å²) in [4.78, 5) is 4.33. The van der Waals surface area contributed by atoms with Crippen molar-refractivity contribution in [3.63, 3.8) is 0 Å². The maximum Gasteiger partial charge on any atom is 0.152 e. The van der Waals surface area contributed by atoms with Gasteiger partial charge in [0.2, 0.25) is 0 Å². The lowest BCUT2D eigenvalue weighted by atomic mass is 9.94. The van der Waals surface area contributed by atoms with Crippen molar-refractivity contribution >= 4 is 11.3 Å². The van der Waals surface area contributed by atoms with Crippen LogP contribution in [0.1, 0.15) is 38.5 Å². The average Bonchev–Trinajstić information content (AvgIpc) is 2.80. The summed E-state index contributed by atoms with van der Waals surface area (Å²) in [6, 6.07) is 1.92. The van der Waals surface area contributed by atoms with Crippen LogP contribution in [0.5, 0.6) is 0 Å². The molecule has 0 bridgehead atoms. The van der Waals surface area contributed by atoms with E-state index >= 15 is 0 Å². The van der Waals surface area contributed by atoms with Crippen molar-refractivity contribution in [2.45, 2.75) is 44.1 Å². The topological polar surface area (TPSA) is 62.5 Å². The summed E-state index contributed by atoms with van der Waals surface area (Å²) >= 11 is 0. The van der Waals surface area contributed by atoms with E-state index in [-0.39, 0.29) is 0 Å². The van der Waals surface area contributed by atoms with Crippen LogP contribution in [0.4, 0.5) is 5.82 Å². The monoisotopic (exact) mass is 260 g/mol. The van der Waals surface area contributed by atoms with Crippen molar-refractivity contribution in [2.24, 2.45) is 0 Å². The summed E-state index contributed by atoms with van der Waals surface area (Å²) in [6.45, 7) is 0.560. The summed E-state index contributed by atoms with van der Waals surface area (Å²) in [6.07, 6.45) is 11.7. The first-order valence-electron chi connectivity index (χ1n) is 7.01. The number of anilines is 1. The van der Waals surface area contributed by atoms with Crippen molar-refractivity contribution in [3.8, 4) is 0 Å². The van der Waals surface area contributed by atoms with Gasteiger partial charge in [-0.25, -0.2) is 9.50 Å². The SMILES string of the molecule is OC1(CNc2nccn3nccc23)CCCCCC1. The molecule has 5 nitrogen and oxygen atoms in total. The van der Waals surface area contributed by atoms with Gasteiger partial charge in [-0.1, -0.05) is 25.7 Å². The molecule has 1 fully saturated rings. The Labute approximate surface area is 112 Å². The molecule has 0 spiro atoms. The van der Waals surface area contributed by atoms with Crippen LogP contribution in [0.25, 0.3) is 5.52 Å². The zero-order chi connectivity index (χ0) is 13.1. The Morgan fingerprint density at radius 2 is 2.00 bits per heavy atom. The van der Waals surface area contributed by atoms with Gasteiger partial charge in [0.15, 0.2) is 5.82 Å². The molecule has 0 radical (unpaired) electrons. The Balaban J connectivity index is 1.73. The maximum atomic E-state index is 10.6. The molecular formula is C14H20N4O. The minimum Gasteiger partial charge on any atom is -0.388 e. The molecular weight excluding hydrogens is 240 g/mol. The largest absolute Gasteiger partial charge is 0.388 e. The minimum absolute atomic E-state index is 0.560. The summed E-state index contributed by atoms with van der Waals surface area (Å²) in [5, 5.41) is 18.1. The number of aromatic nitrogens is 3. The van der Waals surface area contributed by atoms with E-state index in [4.69, 9.17) is 0 Å². The van der Waals surface area contributed by atoms with E-state index in [1.54, 1.807) is 16.9 Å². The molecule has 0 aliphatic heterocycles. The standard InChI is InChI=1S/C14H20N4O/c19-14(6-3-1-2-4-7-14)11-16-13-12-5-8-17-18(12)10-9-15-13/h5,8-10,19H,1-4,6-7,11H2,(H,15,16). The number of nitrogens with zero attached hydrogens (tertiary/aromatic N) is 3. The van der Waals surface area contributed by atoms with Crippen LogP contribution >= 0.6 is 0 Å². The number of nitrogens with one attached hydrogen (secondary N) is 1. The van der Waals surface area contributed by atoms with Gasteiger partial charge in [0.1, 0.15) is 5.52 Å². The zero-order valence-corrected chi connectivity index (χ0v) is 11.0. The lowest BCUT2D eigenvalue weighted by Gasteiger charge is -2.27. The Morgan fingerprint density at radius 3 is 2.79 bits per heavy atom. The third kappa shape index (κ3) is 2.71. The smallest absolute Gasteiger partial charge is 0.152 e. The van der Waals surface area contributed by atoms with E-state index in [1.807, 2.05) is 12.3 Å². The van der Waals surface area contributed by atoms with E-state index in [1.165, 1.54) is 12.8 Å². The molecule has 1 aliphatic carbocycles. The molecule has 0 amide bonds. The Bertz CT molecular complexity index is 543. The molecule has 0 aromatic carbocycles. The second-order valence-electron chi connectivity index (χ2n) is 5.43. The predicted molar refractivity (Wildman–Crippen MR) is 74.1 cm³/mol. The van der Waals surface area contributed by atoms with Gasteiger partial charge in [-0.05, 0) is 18.9 Å². The van der Waals surface area contributed by atoms with Crippen LogP contribution in [0.3, 0.4) is 0 Å². The Morgan fingerprint density at radius 1 is 1.21 bits per heavy atom. The Kier molecular flexibility index (Phi) is 3.38. The van der Waals surface area contributed by atoms with E-state index in [0.717, 1.165) is 37.0 Å². The van der Waals surface area contributed by atoms with Gasteiger partial charge in [0.25, 0.3) is 0 Å². The molecule has 2 aromatic rings. The fourth-order valence-electron chi connectivity index (χ4n) is 2.81. The van der Waals surface area contributed by atoms with Crippen molar-refractivity contribution in [1.82, 2.24) is 14.6 Å². The number of aliphatic hydroxyl groups is 1. The second-order valence-corrected chi connectivity index (χ2v) is 5.43. The first kappa shape index (κ1) is 12.4. The number of hydrogen-bond acceptors (Lipinski definition) is 4. The van der Waals surface area contributed by atoms with Gasteiger partial charge in [0.05, 0.1) is 11.8 Å². The first-order valence-corrected chi connectivity index (χ1v) is 7.01. The molecule has 2 aromatic heterocycles. The normalized spacial score (nSPS) is 19.2. The van der Waals surface area contributed by atoms with Gasteiger partial charge in [0, 0.05) is 18.9 Å². The van der Waals surface area contributed by atoms with Crippen molar-refractivity contribution in [3.05, 3.63) is 24.7 Å². The fraction of sp³-hybridized carbons (Fsp3) is 0.571. The van der Waals surface area contributed by atoms with E-state index in [2.05, 4.69) is 15.4 Å². The van der Waals surface area contributed by atoms with Crippen LogP contribution < -0.4 is 5.32 Å². The predicted octanol–water partition coefficient (Wildman–Crippen LogP) is 2.23. The molecule has 0 atom stereocenters. The highest BCUT2D eigenvalue weighted by atomic mass is 16.3. The number of fused-ring (bicyclic) bond motifs is 1. The van der Waals surface area contributed by atoms with Gasteiger partial charge < -0.3 is 10.4 Å². The lowest BCUT2D eigenvalue weighted by Crippen LogP contribution is -2.36. The molecule has 0 saturated heterocycles. The molecule has 3 rings (SSSR count). The summed E-state index contributed by atoms with van der Waals surface area (Å²) in [5.74, 6) is 0.790. The van der Waals surface area contributed by atoms with E-state index in [9.17, 15) is 5.11 Å². The van der Waals surface area contributed by atoms with Gasteiger partial charge in [-0.15, -0.1) is 0 Å². The molecule has 0 unspecified atom stereocenters. The Hall–Kier alpha value is -1.62. The van der Waals surface area contributed by atoms with Crippen LogP contribution in [-0.2, 0) is 0 Å². The first-order chi connectivity index (χ1) is 9.27. The third-order valence-electron chi connectivity index (χ3n) is 3.94. The molecule has 1 aliphatic rings. The number of hydrogen-bond donors (Lipinski definition) is 2. The van der Waals surface area contributed by atoms with Crippen molar-refractivity contribution in [1.29, 1.82) is 0 Å². The maximum absolute atomic E-state index is 10.6. The third-order valence-corrected chi connectivity index (χ3v) is 3.94. The van der Waals surface area contributed by atoms with Gasteiger partial charge in [-0.2, -0.15) is 5.10 Å². The minimum atomic E-state index is -0.592. The molecule has 19 heavy (non-hydrogen) atoms. The molecule has 2 N–H and O–H groups in total. The summed E-state index contributed by atoms with van der Waals surface area (Å²) in [7, 11) is 0. The highest BCUT2D eigenvalue weighted by Crippen LogP contribution is 2.27. The molecule has 102 valence electrons. The summed E-state index contributed by atoms with van der Waals surface area (Å²) in [5.41, 5.74) is 0.352. The van der Waals surface area contributed by atoms with Crippen LogP contribution in [0.2, 0.25) is 0 Å². The molecule has 5 heteroatoms. The highest BCUT2D eigenvalue weighted by molar-refractivity contribution is 5.66. The summed E-state index contributed by atoms with van der Waals surface area (Å²) < 4.78 is 1.78. The van der Waals surface area contributed by atoms with Crippen molar-refractivity contribution < 1.29 is 5.11 Å². The highest BCUT2D eigenvalue weighted by Gasteiger charge is 2.27. The van der Waals surface area contributed by atoms with Gasteiger partial charge >= 0.3 is 0 Å². The van der Waals surface area contributed by atoms with Crippen LogP contribution in [-0.4, -0.2) is 31.9 Å². The molecule has 1 saturated carbocycles. The van der Waals surface area contributed by atoms with Gasteiger partial charge in [-0.3, -0.25) is 0 Å². The quantitative estimate of drug-likeness (QED) is 0.831. The lowest BCUT2D eigenvalue weighted by molar-refractivity contribution is 0.0381. The average molecular weight is 260 g/mol. The van der Waals surface area contributed by atoms with E-state index < -0.39 is 5.60 Å². The molecule has 2 heterocycles.